The third kappa shape index (κ3) is 3.04. The molecule has 1 saturated heterocycles. The minimum atomic E-state index is -0.0485. The predicted molar refractivity (Wildman–Crippen MR) is 78.0 cm³/mol. The number of amides is 1. The van der Waals surface area contributed by atoms with Gasteiger partial charge in [-0.1, -0.05) is 6.07 Å². The van der Waals surface area contributed by atoms with Gasteiger partial charge in [-0.3, -0.25) is 4.79 Å². The second-order valence-corrected chi connectivity index (χ2v) is 4.92. The van der Waals surface area contributed by atoms with Crippen molar-refractivity contribution in [3.8, 4) is 5.75 Å². The number of anilines is 1. The van der Waals surface area contributed by atoms with Gasteiger partial charge in [0, 0.05) is 26.3 Å². The predicted octanol–water partition coefficient (Wildman–Crippen LogP) is 1.92. The molecule has 110 valence electrons. The summed E-state index contributed by atoms with van der Waals surface area (Å²) in [4.78, 5) is 14.4. The molecule has 0 aromatic heterocycles. The maximum atomic E-state index is 12.6. The fraction of sp³-hybridized carbons (Fsp3) is 0.533. The third-order valence-electron chi connectivity index (χ3n) is 3.62. The van der Waals surface area contributed by atoms with Crippen LogP contribution in [-0.2, 0) is 4.74 Å². The summed E-state index contributed by atoms with van der Waals surface area (Å²) in [5.74, 6) is 0.437. The quantitative estimate of drug-likeness (QED) is 0.855. The Bertz CT molecular complexity index is 470. The summed E-state index contributed by atoms with van der Waals surface area (Å²) in [6, 6.07) is 5.51. The first-order chi connectivity index (χ1) is 9.65. The van der Waals surface area contributed by atoms with Crippen LogP contribution in [0.4, 0.5) is 5.69 Å². The lowest BCUT2D eigenvalue weighted by Crippen LogP contribution is -2.40. The Morgan fingerprint density at radius 3 is 2.80 bits per heavy atom. The Labute approximate surface area is 119 Å². The molecule has 0 atom stereocenters. The molecule has 2 N–H and O–H groups in total. The Morgan fingerprint density at radius 1 is 1.45 bits per heavy atom. The summed E-state index contributed by atoms with van der Waals surface area (Å²) in [6.07, 6.45) is 1.74. The largest absolute Gasteiger partial charge is 0.491 e. The Balaban J connectivity index is 2.21. The first-order valence-electron chi connectivity index (χ1n) is 7.01. The molecular formula is C15H22N2O3. The van der Waals surface area contributed by atoms with E-state index in [1.165, 1.54) is 0 Å². The molecule has 0 aliphatic carbocycles. The molecule has 0 saturated carbocycles. The SMILES string of the molecule is CCOc1c(N)cccc1C(=O)N(C)C1CCOCC1. The number of rotatable bonds is 4. The maximum absolute atomic E-state index is 12.6. The smallest absolute Gasteiger partial charge is 0.257 e. The Hall–Kier alpha value is -1.75. The number of nitrogens with two attached hydrogens (primary N) is 1. The van der Waals surface area contributed by atoms with Gasteiger partial charge in [0.25, 0.3) is 5.91 Å². The highest BCUT2D eigenvalue weighted by Crippen LogP contribution is 2.28. The first-order valence-corrected chi connectivity index (χ1v) is 7.01. The molecule has 1 aromatic rings. The number of hydrogen-bond donors (Lipinski definition) is 1. The lowest BCUT2D eigenvalue weighted by molar-refractivity contribution is 0.0360. The van der Waals surface area contributed by atoms with E-state index in [0.717, 1.165) is 12.8 Å². The number of carbonyl (C=O) groups is 1. The van der Waals surface area contributed by atoms with Gasteiger partial charge in [-0.05, 0) is 31.9 Å². The number of nitrogen functional groups attached to an aromatic ring is 1. The van der Waals surface area contributed by atoms with Crippen molar-refractivity contribution in [2.75, 3.05) is 32.6 Å². The van der Waals surface area contributed by atoms with Crippen molar-refractivity contribution in [1.29, 1.82) is 0 Å². The van der Waals surface area contributed by atoms with Crippen LogP contribution in [0.25, 0.3) is 0 Å². The summed E-state index contributed by atoms with van der Waals surface area (Å²) in [5.41, 5.74) is 6.93. The molecule has 0 radical (unpaired) electrons. The lowest BCUT2D eigenvalue weighted by Gasteiger charge is -2.31. The molecule has 1 heterocycles. The third-order valence-corrected chi connectivity index (χ3v) is 3.62. The molecule has 20 heavy (non-hydrogen) atoms. The molecule has 1 amide bonds. The molecule has 1 aliphatic rings. The number of para-hydroxylation sites is 1. The number of benzene rings is 1. The normalized spacial score (nSPS) is 15.9. The van der Waals surface area contributed by atoms with Crippen LogP contribution in [-0.4, -0.2) is 43.7 Å². The van der Waals surface area contributed by atoms with E-state index >= 15 is 0 Å². The highest BCUT2D eigenvalue weighted by molar-refractivity contribution is 5.98. The van der Waals surface area contributed by atoms with Crippen LogP contribution in [0, 0.1) is 0 Å². The van der Waals surface area contributed by atoms with Gasteiger partial charge in [0.2, 0.25) is 0 Å². The fourth-order valence-electron chi connectivity index (χ4n) is 2.46. The summed E-state index contributed by atoms with van der Waals surface area (Å²) in [7, 11) is 1.83. The van der Waals surface area contributed by atoms with Crippen LogP contribution in [0.15, 0.2) is 18.2 Å². The van der Waals surface area contributed by atoms with E-state index in [1.54, 1.807) is 23.1 Å². The van der Waals surface area contributed by atoms with E-state index in [9.17, 15) is 4.79 Å². The second kappa shape index (κ2) is 6.61. The lowest BCUT2D eigenvalue weighted by atomic mass is 10.1. The van der Waals surface area contributed by atoms with Crippen molar-refractivity contribution >= 4 is 11.6 Å². The molecule has 1 aromatic carbocycles. The minimum absolute atomic E-state index is 0.0485. The fourth-order valence-corrected chi connectivity index (χ4v) is 2.46. The Kier molecular flexibility index (Phi) is 4.84. The molecule has 0 bridgehead atoms. The van der Waals surface area contributed by atoms with Gasteiger partial charge in [0.1, 0.15) is 0 Å². The highest BCUT2D eigenvalue weighted by atomic mass is 16.5. The summed E-state index contributed by atoms with van der Waals surface area (Å²) in [5, 5.41) is 0. The number of hydrogen-bond acceptors (Lipinski definition) is 4. The zero-order valence-corrected chi connectivity index (χ0v) is 12.1. The van der Waals surface area contributed by atoms with Crippen molar-refractivity contribution in [1.82, 2.24) is 4.90 Å². The van der Waals surface area contributed by atoms with Gasteiger partial charge in [-0.2, -0.15) is 0 Å². The molecule has 5 heteroatoms. The van der Waals surface area contributed by atoms with Gasteiger partial charge in [-0.15, -0.1) is 0 Å². The van der Waals surface area contributed by atoms with Crippen molar-refractivity contribution in [3.05, 3.63) is 23.8 Å². The zero-order chi connectivity index (χ0) is 14.5. The monoisotopic (exact) mass is 278 g/mol. The number of ether oxygens (including phenoxy) is 2. The van der Waals surface area contributed by atoms with Crippen molar-refractivity contribution in [2.45, 2.75) is 25.8 Å². The number of nitrogens with zero attached hydrogens (tertiary/aromatic N) is 1. The zero-order valence-electron chi connectivity index (χ0n) is 12.1. The van der Waals surface area contributed by atoms with Crippen LogP contribution in [0.1, 0.15) is 30.1 Å². The van der Waals surface area contributed by atoms with Crippen molar-refractivity contribution in [3.63, 3.8) is 0 Å². The van der Waals surface area contributed by atoms with Gasteiger partial charge in [0.05, 0.1) is 17.9 Å². The summed E-state index contributed by atoms with van der Waals surface area (Å²) < 4.78 is 10.9. The van der Waals surface area contributed by atoms with Crippen molar-refractivity contribution < 1.29 is 14.3 Å². The molecule has 5 nitrogen and oxygen atoms in total. The average molecular weight is 278 g/mol. The van der Waals surface area contributed by atoms with Gasteiger partial charge in [-0.25, -0.2) is 0 Å². The van der Waals surface area contributed by atoms with E-state index in [2.05, 4.69) is 0 Å². The van der Waals surface area contributed by atoms with Gasteiger partial charge < -0.3 is 20.1 Å². The minimum Gasteiger partial charge on any atom is -0.491 e. The van der Waals surface area contributed by atoms with Crippen LogP contribution in [0.5, 0.6) is 5.75 Å². The van der Waals surface area contributed by atoms with Crippen molar-refractivity contribution in [2.24, 2.45) is 0 Å². The van der Waals surface area contributed by atoms with E-state index in [4.69, 9.17) is 15.2 Å². The summed E-state index contributed by atoms with van der Waals surface area (Å²) in [6.45, 7) is 3.77. The molecular weight excluding hydrogens is 256 g/mol. The van der Waals surface area contributed by atoms with Crippen LogP contribution < -0.4 is 10.5 Å². The van der Waals surface area contributed by atoms with E-state index < -0.39 is 0 Å². The van der Waals surface area contributed by atoms with Gasteiger partial charge in [0.15, 0.2) is 5.75 Å². The summed E-state index contributed by atoms with van der Waals surface area (Å²) >= 11 is 0. The van der Waals surface area contributed by atoms with Crippen LogP contribution in [0.3, 0.4) is 0 Å². The van der Waals surface area contributed by atoms with E-state index in [1.807, 2.05) is 14.0 Å². The standard InChI is InChI=1S/C15H22N2O3/c1-3-20-14-12(5-4-6-13(14)16)15(18)17(2)11-7-9-19-10-8-11/h4-6,11H,3,7-10,16H2,1-2H3. The first kappa shape index (κ1) is 14.7. The molecule has 0 spiro atoms. The van der Waals surface area contributed by atoms with Crippen LogP contribution in [0.2, 0.25) is 0 Å². The topological polar surface area (TPSA) is 64.8 Å². The van der Waals surface area contributed by atoms with Gasteiger partial charge >= 0.3 is 0 Å². The molecule has 1 aliphatic heterocycles. The highest BCUT2D eigenvalue weighted by Gasteiger charge is 2.25. The molecule has 1 fully saturated rings. The Morgan fingerprint density at radius 2 is 2.15 bits per heavy atom. The van der Waals surface area contributed by atoms with E-state index in [-0.39, 0.29) is 11.9 Å². The number of carbonyl (C=O) groups excluding carboxylic acids is 1. The molecule has 0 unspecified atom stereocenters. The maximum Gasteiger partial charge on any atom is 0.257 e. The average Bonchev–Trinajstić information content (AvgIpc) is 2.49. The second-order valence-electron chi connectivity index (χ2n) is 4.92. The van der Waals surface area contributed by atoms with E-state index in [0.29, 0.717) is 36.8 Å². The molecule has 2 rings (SSSR count). The van der Waals surface area contributed by atoms with Crippen LogP contribution >= 0.6 is 0 Å².